The van der Waals surface area contributed by atoms with Gasteiger partial charge in [0.1, 0.15) is 12.7 Å². The lowest BCUT2D eigenvalue weighted by Crippen LogP contribution is -2.61. The van der Waals surface area contributed by atoms with Crippen LogP contribution >= 0.6 is 11.8 Å². The number of nitrogens with one attached hydrogen (secondary N) is 1. The summed E-state index contributed by atoms with van der Waals surface area (Å²) in [6.45, 7) is 5.46. The van der Waals surface area contributed by atoms with Crippen molar-refractivity contribution in [3.8, 4) is 17.6 Å². The predicted octanol–water partition coefficient (Wildman–Crippen LogP) is 3.64. The molecule has 2 heterocycles. The van der Waals surface area contributed by atoms with E-state index in [4.69, 9.17) is 28.4 Å². The van der Waals surface area contributed by atoms with Crippen LogP contribution in [0.5, 0.6) is 11.5 Å². The van der Waals surface area contributed by atoms with Crippen molar-refractivity contribution in [1.82, 2.24) is 5.32 Å². The molecule has 0 amide bonds. The van der Waals surface area contributed by atoms with E-state index in [2.05, 4.69) is 11.4 Å². The number of carbonyl (C=O) groups excluding carboxylic acids is 5. The van der Waals surface area contributed by atoms with E-state index in [0.29, 0.717) is 16.8 Å². The summed E-state index contributed by atoms with van der Waals surface area (Å²) in [5, 5.41) is 24.4. The summed E-state index contributed by atoms with van der Waals surface area (Å²) in [6.07, 6.45) is -5.45. The van der Waals surface area contributed by atoms with E-state index >= 15 is 0 Å². The molecule has 0 saturated carbocycles. The van der Waals surface area contributed by atoms with E-state index in [1.807, 2.05) is 0 Å². The number of hydrogen-bond acceptors (Lipinski definition) is 15. The number of dihydropyridines is 1. The number of ketones is 1. The lowest BCUT2D eigenvalue weighted by atomic mass is 9.79. The molecule has 2 aromatic carbocycles. The van der Waals surface area contributed by atoms with E-state index < -0.39 is 66.3 Å². The van der Waals surface area contributed by atoms with Gasteiger partial charge in [-0.2, -0.15) is 5.26 Å². The summed E-state index contributed by atoms with van der Waals surface area (Å²) in [4.78, 5) is 62.2. The first kappa shape index (κ1) is 37.5. The Morgan fingerprint density at radius 3 is 2.06 bits per heavy atom. The number of carbonyl (C=O) groups is 5. The third kappa shape index (κ3) is 8.63. The highest BCUT2D eigenvalue weighted by Crippen LogP contribution is 2.47. The molecule has 0 aromatic heterocycles. The number of rotatable bonds is 11. The SMILES string of the molecule is COc1cc(C2C(C#N)=C(S[C@@H]3O[C@H](COC(C)=O)[C@@H](OC(C)=O)[C@H](OC(C)=O)[C@H]3OC(C)=O)NC(c3ccccc3)=C2C(C)=O)ccc1O. The van der Waals surface area contributed by atoms with Gasteiger partial charge in [-0.3, -0.25) is 24.0 Å². The third-order valence-corrected chi connectivity index (χ3v) is 8.78. The Bertz CT molecular complexity index is 1770. The second kappa shape index (κ2) is 16.4. The molecule has 264 valence electrons. The van der Waals surface area contributed by atoms with Crippen molar-refractivity contribution in [3.05, 3.63) is 75.8 Å². The number of phenols is 1. The molecule has 2 aliphatic rings. The summed E-state index contributed by atoms with van der Waals surface area (Å²) in [5.41, 5.74) is 0.433. The number of hydrogen-bond donors (Lipinski definition) is 2. The molecule has 0 aliphatic carbocycles. The molecule has 0 bridgehead atoms. The molecular formula is C35H36N2O12S. The maximum absolute atomic E-state index is 13.4. The summed E-state index contributed by atoms with van der Waals surface area (Å²) < 4.78 is 33.5. The molecule has 14 nitrogen and oxygen atoms in total. The molecule has 50 heavy (non-hydrogen) atoms. The predicted molar refractivity (Wildman–Crippen MR) is 177 cm³/mol. The van der Waals surface area contributed by atoms with Gasteiger partial charge in [0.05, 0.1) is 35.4 Å². The summed E-state index contributed by atoms with van der Waals surface area (Å²) in [5.74, 6) is -4.42. The number of methoxy groups -OCH3 is 1. The van der Waals surface area contributed by atoms with Gasteiger partial charge in [0.15, 0.2) is 41.0 Å². The van der Waals surface area contributed by atoms with E-state index in [1.165, 1.54) is 33.1 Å². The Balaban J connectivity index is 1.93. The molecule has 4 rings (SSSR count). The first-order valence-corrected chi connectivity index (χ1v) is 16.2. The quantitative estimate of drug-likeness (QED) is 0.253. The summed E-state index contributed by atoms with van der Waals surface area (Å²) >= 11 is 0.886. The maximum Gasteiger partial charge on any atom is 0.303 e. The summed E-state index contributed by atoms with van der Waals surface area (Å²) in [6, 6.07) is 15.6. The Kier molecular flexibility index (Phi) is 12.3. The van der Waals surface area contributed by atoms with E-state index in [0.717, 1.165) is 32.5 Å². The normalized spacial score (nSPS) is 23.1. The Labute approximate surface area is 292 Å². The molecule has 1 fully saturated rings. The minimum atomic E-state index is -1.43. The lowest BCUT2D eigenvalue weighted by Gasteiger charge is -2.44. The molecule has 2 aliphatic heterocycles. The van der Waals surface area contributed by atoms with E-state index in [9.17, 15) is 34.3 Å². The van der Waals surface area contributed by atoms with Crippen LogP contribution in [0.2, 0.25) is 0 Å². The van der Waals surface area contributed by atoms with Crippen molar-refractivity contribution in [1.29, 1.82) is 5.26 Å². The Morgan fingerprint density at radius 2 is 1.50 bits per heavy atom. The van der Waals surface area contributed by atoms with Crippen molar-refractivity contribution in [3.63, 3.8) is 0 Å². The average molecular weight is 709 g/mol. The number of allylic oxidation sites excluding steroid dienone is 2. The minimum absolute atomic E-state index is 0.0560. The number of esters is 4. The molecule has 2 aromatic rings. The zero-order chi connectivity index (χ0) is 36.7. The number of ether oxygens (including phenoxy) is 6. The van der Waals surface area contributed by atoms with Gasteiger partial charge in [-0.25, -0.2) is 0 Å². The van der Waals surface area contributed by atoms with Gasteiger partial charge in [0.25, 0.3) is 0 Å². The van der Waals surface area contributed by atoms with Crippen molar-refractivity contribution >= 4 is 47.1 Å². The molecule has 15 heteroatoms. The molecule has 6 atom stereocenters. The molecular weight excluding hydrogens is 672 g/mol. The molecule has 2 N–H and O–H groups in total. The van der Waals surface area contributed by atoms with Gasteiger partial charge in [-0.15, -0.1) is 0 Å². The molecule has 1 unspecified atom stereocenters. The highest BCUT2D eigenvalue weighted by molar-refractivity contribution is 8.03. The number of phenolic OH excluding ortho intramolecular Hbond substituents is 1. The summed E-state index contributed by atoms with van der Waals surface area (Å²) in [7, 11) is 1.37. The fourth-order valence-electron chi connectivity index (χ4n) is 5.69. The highest BCUT2D eigenvalue weighted by atomic mass is 32.2. The zero-order valence-electron chi connectivity index (χ0n) is 28.1. The van der Waals surface area contributed by atoms with Gasteiger partial charge < -0.3 is 38.8 Å². The van der Waals surface area contributed by atoms with Crippen LogP contribution in [-0.2, 0) is 47.7 Å². The van der Waals surface area contributed by atoms with E-state index in [1.54, 1.807) is 36.4 Å². The van der Waals surface area contributed by atoms with Crippen molar-refractivity contribution < 1.29 is 57.5 Å². The molecule has 1 saturated heterocycles. The fraction of sp³-hybridized carbons (Fsp3) is 0.371. The first-order chi connectivity index (χ1) is 23.7. The van der Waals surface area contributed by atoms with Gasteiger partial charge in [0.2, 0.25) is 0 Å². The smallest absolute Gasteiger partial charge is 0.303 e. The highest BCUT2D eigenvalue weighted by Gasteiger charge is 2.53. The van der Waals surface area contributed by atoms with Gasteiger partial charge in [0, 0.05) is 33.3 Å². The number of aromatic hydroxyl groups is 1. The van der Waals surface area contributed by atoms with Crippen LogP contribution in [-0.4, -0.2) is 78.3 Å². The topological polar surface area (TPSA) is 197 Å². The van der Waals surface area contributed by atoms with E-state index in [-0.39, 0.29) is 33.5 Å². The van der Waals surface area contributed by atoms with Crippen LogP contribution in [0.4, 0.5) is 0 Å². The maximum atomic E-state index is 13.4. The van der Waals surface area contributed by atoms with Crippen LogP contribution in [0.15, 0.2) is 64.7 Å². The van der Waals surface area contributed by atoms with Crippen LogP contribution in [0.1, 0.15) is 51.7 Å². The standard InChI is InChI=1S/C35H36N2O12S/c1-17(38)28-29(23-12-13-25(43)26(14-23)44-6)24(15-36)34(37-30(28)22-10-8-7-9-11-22)50-35-33(48-21(5)42)32(47-20(4)41)31(46-19(3)40)27(49-35)16-45-18(2)39/h7-14,27,29,31-33,35,37,43H,16H2,1-6H3/t27-,29?,31-,32+,33-,35+/m1/s1. The van der Waals surface area contributed by atoms with Crippen LogP contribution < -0.4 is 10.1 Å². The average Bonchev–Trinajstić information content (AvgIpc) is 3.05. The first-order valence-electron chi connectivity index (χ1n) is 15.3. The number of nitrogens with zero attached hydrogens (tertiary/aromatic N) is 1. The van der Waals surface area contributed by atoms with Crippen molar-refractivity contribution in [2.24, 2.45) is 0 Å². The Morgan fingerprint density at radius 1 is 0.880 bits per heavy atom. The third-order valence-electron chi connectivity index (χ3n) is 7.61. The van der Waals surface area contributed by atoms with Crippen LogP contribution in [0, 0.1) is 11.3 Å². The second-order valence-corrected chi connectivity index (χ2v) is 12.3. The number of thioether (sulfide) groups is 1. The minimum Gasteiger partial charge on any atom is -0.504 e. The molecule has 0 spiro atoms. The monoisotopic (exact) mass is 708 g/mol. The van der Waals surface area contributed by atoms with Gasteiger partial charge in [-0.05, 0) is 30.2 Å². The lowest BCUT2D eigenvalue weighted by molar-refractivity contribution is -0.237. The second-order valence-electron chi connectivity index (χ2n) is 11.2. The van der Waals surface area contributed by atoms with Crippen molar-refractivity contribution in [2.45, 2.75) is 70.4 Å². The molecule has 0 radical (unpaired) electrons. The zero-order valence-corrected chi connectivity index (χ0v) is 28.9. The fourth-order valence-corrected chi connectivity index (χ4v) is 6.92. The Hall–Kier alpha value is -5.33. The van der Waals surface area contributed by atoms with Gasteiger partial charge in [-0.1, -0.05) is 48.2 Å². The van der Waals surface area contributed by atoms with Crippen LogP contribution in [0.3, 0.4) is 0 Å². The van der Waals surface area contributed by atoms with Crippen molar-refractivity contribution in [2.75, 3.05) is 13.7 Å². The van der Waals surface area contributed by atoms with Crippen LogP contribution in [0.25, 0.3) is 5.70 Å². The number of benzene rings is 2. The van der Waals surface area contributed by atoms with Gasteiger partial charge >= 0.3 is 23.9 Å². The number of Topliss-reactive ketones (excluding diaryl/α,β-unsaturated/α-hetero) is 1. The largest absolute Gasteiger partial charge is 0.504 e. The number of nitriles is 1.